The zero-order chi connectivity index (χ0) is 14.5. The van der Waals surface area contributed by atoms with Crippen molar-refractivity contribution in [3.05, 3.63) is 41.5 Å². The largest absolute Gasteiger partial charge is 0.493 e. The quantitative estimate of drug-likeness (QED) is 0.505. The summed E-state index contributed by atoms with van der Waals surface area (Å²) in [4.78, 5) is 4.41. The van der Waals surface area contributed by atoms with Gasteiger partial charge in [-0.2, -0.15) is 0 Å². The number of nitrogens with zero attached hydrogens (tertiary/aromatic N) is 1. The molecule has 0 radical (unpaired) electrons. The van der Waals surface area contributed by atoms with Crippen LogP contribution >= 0.6 is 0 Å². The van der Waals surface area contributed by atoms with Crippen molar-refractivity contribution in [1.82, 2.24) is 5.32 Å². The molecule has 1 unspecified atom stereocenters. The van der Waals surface area contributed by atoms with E-state index in [1.807, 2.05) is 18.2 Å². The molecule has 0 bridgehead atoms. The number of hydrogen-bond acceptors (Lipinski definition) is 3. The summed E-state index contributed by atoms with van der Waals surface area (Å²) >= 11 is 0. The molecule has 112 valence electrons. The predicted molar refractivity (Wildman–Crippen MR) is 82.4 cm³/mol. The molecule has 0 saturated heterocycles. The van der Waals surface area contributed by atoms with Gasteiger partial charge in [-0.15, -0.1) is 0 Å². The summed E-state index contributed by atoms with van der Waals surface area (Å²) < 4.78 is 11.0. The lowest BCUT2D eigenvalue weighted by atomic mass is 10.0. The minimum atomic E-state index is 0.162. The molecule has 2 aliphatic rings. The van der Waals surface area contributed by atoms with E-state index in [1.165, 1.54) is 5.57 Å². The van der Waals surface area contributed by atoms with Gasteiger partial charge < -0.3 is 20.5 Å². The lowest BCUT2D eigenvalue weighted by molar-refractivity contribution is 0.150. The summed E-state index contributed by atoms with van der Waals surface area (Å²) in [6, 6.07) is 8.21. The van der Waals surface area contributed by atoms with Crippen LogP contribution in [-0.2, 0) is 4.74 Å². The van der Waals surface area contributed by atoms with Gasteiger partial charge in [0.05, 0.1) is 32.4 Å². The summed E-state index contributed by atoms with van der Waals surface area (Å²) in [6.07, 6.45) is 4.04. The summed E-state index contributed by atoms with van der Waals surface area (Å²) in [5, 5.41) is 3.29. The molecule has 2 heterocycles. The van der Waals surface area contributed by atoms with Gasteiger partial charge >= 0.3 is 0 Å². The van der Waals surface area contributed by atoms with Gasteiger partial charge in [-0.25, -0.2) is 4.99 Å². The lowest BCUT2D eigenvalue weighted by Gasteiger charge is -2.27. The second kappa shape index (κ2) is 6.63. The molecule has 5 heteroatoms. The minimum Gasteiger partial charge on any atom is -0.493 e. The van der Waals surface area contributed by atoms with Gasteiger partial charge in [-0.05, 0) is 18.1 Å². The Hall–Kier alpha value is -2.01. The Morgan fingerprint density at radius 3 is 3.10 bits per heavy atom. The number of fused-ring (bicyclic) bond motifs is 1. The van der Waals surface area contributed by atoms with E-state index in [2.05, 4.69) is 22.5 Å². The molecule has 1 aromatic carbocycles. The van der Waals surface area contributed by atoms with Gasteiger partial charge in [0.25, 0.3) is 0 Å². The van der Waals surface area contributed by atoms with Crippen LogP contribution in [0, 0.1) is 0 Å². The van der Waals surface area contributed by atoms with Crippen molar-refractivity contribution in [2.24, 2.45) is 10.7 Å². The number of benzene rings is 1. The molecule has 2 aliphatic heterocycles. The first kappa shape index (κ1) is 13.9. The SMILES string of the molecule is NC(=NCC1=CCCOC1)NC1CCOc2ccccc21. The maximum atomic E-state index is 6.01. The molecular weight excluding hydrogens is 266 g/mol. The Balaban J connectivity index is 1.62. The highest BCUT2D eigenvalue weighted by molar-refractivity contribution is 5.78. The van der Waals surface area contributed by atoms with Gasteiger partial charge in [0.15, 0.2) is 5.96 Å². The first-order chi connectivity index (χ1) is 10.3. The van der Waals surface area contributed by atoms with Crippen LogP contribution in [0.15, 0.2) is 40.9 Å². The Labute approximate surface area is 124 Å². The molecule has 0 saturated carbocycles. The van der Waals surface area contributed by atoms with Crippen LogP contribution < -0.4 is 15.8 Å². The van der Waals surface area contributed by atoms with Gasteiger partial charge in [0.2, 0.25) is 0 Å². The molecule has 1 atom stereocenters. The van der Waals surface area contributed by atoms with E-state index in [9.17, 15) is 0 Å². The number of rotatable bonds is 3. The zero-order valence-corrected chi connectivity index (χ0v) is 12.0. The summed E-state index contributed by atoms with van der Waals surface area (Å²) in [5.41, 5.74) is 8.34. The lowest BCUT2D eigenvalue weighted by Crippen LogP contribution is -2.37. The topological polar surface area (TPSA) is 68.9 Å². The maximum Gasteiger partial charge on any atom is 0.189 e. The molecule has 0 aliphatic carbocycles. The first-order valence-electron chi connectivity index (χ1n) is 7.37. The Morgan fingerprint density at radius 1 is 1.33 bits per heavy atom. The van der Waals surface area contributed by atoms with Crippen LogP contribution in [-0.4, -0.2) is 32.3 Å². The Bertz CT molecular complexity index is 554. The Morgan fingerprint density at radius 2 is 2.24 bits per heavy atom. The molecular formula is C16H21N3O2. The van der Waals surface area contributed by atoms with Crippen molar-refractivity contribution in [3.63, 3.8) is 0 Å². The predicted octanol–water partition coefficient (Wildman–Crippen LogP) is 1.76. The average molecular weight is 287 g/mol. The number of nitrogens with one attached hydrogen (secondary N) is 1. The fraction of sp³-hybridized carbons (Fsp3) is 0.438. The van der Waals surface area contributed by atoms with Crippen LogP contribution in [0.5, 0.6) is 5.75 Å². The summed E-state index contributed by atoms with van der Waals surface area (Å²) in [7, 11) is 0. The van der Waals surface area contributed by atoms with Crippen LogP contribution in [0.2, 0.25) is 0 Å². The van der Waals surface area contributed by atoms with Crippen LogP contribution in [0.4, 0.5) is 0 Å². The fourth-order valence-corrected chi connectivity index (χ4v) is 2.62. The number of ether oxygens (including phenoxy) is 2. The normalized spacial score (nSPS) is 22.0. The number of aliphatic imine (C=N–C) groups is 1. The van der Waals surface area contributed by atoms with Crippen molar-refractivity contribution >= 4 is 5.96 Å². The smallest absolute Gasteiger partial charge is 0.189 e. The van der Waals surface area contributed by atoms with E-state index < -0.39 is 0 Å². The number of hydrogen-bond donors (Lipinski definition) is 2. The third-order valence-electron chi connectivity index (χ3n) is 3.72. The highest BCUT2D eigenvalue weighted by Gasteiger charge is 2.21. The molecule has 0 fully saturated rings. The number of nitrogens with two attached hydrogens (primary N) is 1. The van der Waals surface area contributed by atoms with Crippen LogP contribution in [0.25, 0.3) is 0 Å². The van der Waals surface area contributed by atoms with Crippen LogP contribution in [0.3, 0.4) is 0 Å². The third kappa shape index (κ3) is 3.55. The van der Waals surface area contributed by atoms with E-state index in [-0.39, 0.29) is 6.04 Å². The molecule has 3 N–H and O–H groups in total. The maximum absolute atomic E-state index is 6.01. The Kier molecular flexibility index (Phi) is 4.40. The van der Waals surface area contributed by atoms with E-state index in [1.54, 1.807) is 0 Å². The van der Waals surface area contributed by atoms with Crippen molar-refractivity contribution in [2.75, 3.05) is 26.4 Å². The van der Waals surface area contributed by atoms with E-state index >= 15 is 0 Å². The second-order valence-electron chi connectivity index (χ2n) is 5.28. The molecule has 21 heavy (non-hydrogen) atoms. The highest BCUT2D eigenvalue weighted by atomic mass is 16.5. The van der Waals surface area contributed by atoms with E-state index in [0.29, 0.717) is 25.7 Å². The minimum absolute atomic E-state index is 0.162. The second-order valence-corrected chi connectivity index (χ2v) is 5.28. The van der Waals surface area contributed by atoms with Gasteiger partial charge in [0, 0.05) is 12.0 Å². The summed E-state index contributed by atoms with van der Waals surface area (Å²) in [5.74, 6) is 1.40. The van der Waals surface area contributed by atoms with Gasteiger partial charge in [0.1, 0.15) is 5.75 Å². The number of guanidine groups is 1. The van der Waals surface area contributed by atoms with Crippen LogP contribution in [0.1, 0.15) is 24.4 Å². The van der Waals surface area contributed by atoms with Crippen molar-refractivity contribution in [2.45, 2.75) is 18.9 Å². The first-order valence-corrected chi connectivity index (χ1v) is 7.37. The third-order valence-corrected chi connectivity index (χ3v) is 3.72. The molecule has 3 rings (SSSR count). The molecule has 0 aromatic heterocycles. The molecule has 1 aromatic rings. The molecule has 0 spiro atoms. The van der Waals surface area contributed by atoms with Crippen molar-refractivity contribution < 1.29 is 9.47 Å². The highest BCUT2D eigenvalue weighted by Crippen LogP contribution is 2.31. The zero-order valence-electron chi connectivity index (χ0n) is 12.0. The van der Waals surface area contributed by atoms with Crippen molar-refractivity contribution in [1.29, 1.82) is 0 Å². The standard InChI is InChI=1S/C16H21N3O2/c17-16(18-10-12-4-3-8-20-11-12)19-14-7-9-21-15-6-2-1-5-13(14)15/h1-2,4-6,14H,3,7-11H2,(H3,17,18,19). The van der Waals surface area contributed by atoms with E-state index in [4.69, 9.17) is 15.2 Å². The monoisotopic (exact) mass is 287 g/mol. The number of para-hydroxylation sites is 1. The average Bonchev–Trinajstić information content (AvgIpc) is 2.54. The van der Waals surface area contributed by atoms with Gasteiger partial charge in [-0.3, -0.25) is 0 Å². The molecule has 0 amide bonds. The fourth-order valence-electron chi connectivity index (χ4n) is 2.62. The summed E-state index contributed by atoms with van der Waals surface area (Å²) in [6.45, 7) is 2.77. The molecule has 5 nitrogen and oxygen atoms in total. The van der Waals surface area contributed by atoms with E-state index in [0.717, 1.165) is 30.8 Å². The van der Waals surface area contributed by atoms with Crippen molar-refractivity contribution in [3.8, 4) is 5.75 Å². The van der Waals surface area contributed by atoms with Gasteiger partial charge in [-0.1, -0.05) is 24.3 Å².